The van der Waals surface area contributed by atoms with E-state index in [1.54, 1.807) is 4.90 Å². The van der Waals surface area contributed by atoms with E-state index < -0.39 is 5.92 Å². The Bertz CT molecular complexity index is 609. The Kier molecular flexibility index (Phi) is 5.42. The fourth-order valence-corrected chi connectivity index (χ4v) is 4.15. The quantitative estimate of drug-likeness (QED) is 0.836. The second-order valence-electron chi connectivity index (χ2n) is 7.56. The number of hydrogen-bond acceptors (Lipinski definition) is 3. The molecular weight excluding hydrogens is 314 g/mol. The number of carbonyl (C=O) groups is 2. The number of nitrogens with zero attached hydrogens (tertiary/aromatic N) is 2. The number of amides is 2. The Balaban J connectivity index is 1.61. The lowest BCUT2D eigenvalue weighted by atomic mass is 9.80. The van der Waals surface area contributed by atoms with Crippen LogP contribution in [0.3, 0.4) is 0 Å². The molecule has 0 spiro atoms. The summed E-state index contributed by atoms with van der Waals surface area (Å²) in [5, 5.41) is 3.09. The third-order valence-corrected chi connectivity index (χ3v) is 5.91. The third kappa shape index (κ3) is 3.71. The minimum Gasteiger partial charge on any atom is -0.354 e. The molecule has 25 heavy (non-hydrogen) atoms. The van der Waals surface area contributed by atoms with E-state index >= 15 is 0 Å². The van der Waals surface area contributed by atoms with Crippen LogP contribution in [0.15, 0.2) is 30.3 Å². The van der Waals surface area contributed by atoms with Gasteiger partial charge >= 0.3 is 0 Å². The molecule has 0 radical (unpaired) electrons. The minimum absolute atomic E-state index is 0.0364. The maximum atomic E-state index is 12.7. The van der Waals surface area contributed by atoms with Gasteiger partial charge in [0.1, 0.15) is 5.92 Å². The van der Waals surface area contributed by atoms with Gasteiger partial charge < -0.3 is 15.1 Å². The maximum Gasteiger partial charge on any atom is 0.239 e. The SMILES string of the molecule is CN(C)C1(CNC(=O)[C@H]2CCN(c3ccccc3)C2=O)CCCCC1. The molecule has 1 atom stereocenters. The smallest absolute Gasteiger partial charge is 0.239 e. The zero-order valence-corrected chi connectivity index (χ0v) is 15.3. The van der Waals surface area contributed by atoms with Crippen molar-refractivity contribution in [3.63, 3.8) is 0 Å². The molecule has 1 saturated carbocycles. The Labute approximate surface area is 150 Å². The highest BCUT2D eigenvalue weighted by Gasteiger charge is 2.39. The van der Waals surface area contributed by atoms with Crippen molar-refractivity contribution in [2.24, 2.45) is 5.92 Å². The summed E-state index contributed by atoms with van der Waals surface area (Å²) in [5.74, 6) is -0.746. The van der Waals surface area contributed by atoms with Crippen LogP contribution in [0.4, 0.5) is 5.69 Å². The van der Waals surface area contributed by atoms with E-state index in [9.17, 15) is 9.59 Å². The highest BCUT2D eigenvalue weighted by atomic mass is 16.2. The molecule has 0 bridgehead atoms. The van der Waals surface area contributed by atoms with Gasteiger partial charge in [0.2, 0.25) is 11.8 Å². The standard InChI is InChI=1S/C20H29N3O2/c1-22(2)20(12-7-4-8-13-20)15-21-18(24)17-11-14-23(19(17)25)16-9-5-3-6-10-16/h3,5-6,9-10,17H,4,7-8,11-15H2,1-2H3,(H,21,24)/t17-/m1/s1. The van der Waals surface area contributed by atoms with E-state index in [1.165, 1.54) is 19.3 Å². The van der Waals surface area contributed by atoms with Crippen LogP contribution in [0.2, 0.25) is 0 Å². The molecule has 1 aliphatic carbocycles. The van der Waals surface area contributed by atoms with Crippen LogP contribution in [-0.4, -0.2) is 49.4 Å². The van der Waals surface area contributed by atoms with Gasteiger partial charge in [0, 0.05) is 24.3 Å². The number of para-hydroxylation sites is 1. The van der Waals surface area contributed by atoms with Crippen LogP contribution < -0.4 is 10.2 Å². The number of carbonyl (C=O) groups excluding carboxylic acids is 2. The average molecular weight is 343 g/mol. The predicted molar refractivity (Wildman–Crippen MR) is 99.4 cm³/mol. The molecule has 3 rings (SSSR count). The number of benzene rings is 1. The molecule has 1 heterocycles. The highest BCUT2D eigenvalue weighted by molar-refractivity contribution is 6.09. The molecule has 2 aliphatic rings. The maximum absolute atomic E-state index is 12.7. The van der Waals surface area contributed by atoms with E-state index in [0.29, 0.717) is 19.5 Å². The second kappa shape index (κ2) is 7.56. The Hall–Kier alpha value is -1.88. The highest BCUT2D eigenvalue weighted by Crippen LogP contribution is 2.32. The van der Waals surface area contributed by atoms with Crippen LogP contribution in [0.1, 0.15) is 38.5 Å². The van der Waals surface area contributed by atoms with E-state index in [2.05, 4.69) is 24.3 Å². The van der Waals surface area contributed by atoms with Crippen molar-refractivity contribution in [3.8, 4) is 0 Å². The third-order valence-electron chi connectivity index (χ3n) is 5.91. The summed E-state index contributed by atoms with van der Waals surface area (Å²) in [6.07, 6.45) is 6.49. The minimum atomic E-state index is -0.553. The molecule has 1 aliphatic heterocycles. The van der Waals surface area contributed by atoms with Crippen molar-refractivity contribution >= 4 is 17.5 Å². The monoisotopic (exact) mass is 343 g/mol. The zero-order chi connectivity index (χ0) is 17.9. The van der Waals surface area contributed by atoms with E-state index in [4.69, 9.17) is 0 Å². The van der Waals surface area contributed by atoms with Gasteiger partial charge in [-0.1, -0.05) is 37.5 Å². The fraction of sp³-hybridized carbons (Fsp3) is 0.600. The largest absolute Gasteiger partial charge is 0.354 e. The summed E-state index contributed by atoms with van der Waals surface area (Å²) < 4.78 is 0. The first-order valence-electron chi connectivity index (χ1n) is 9.35. The van der Waals surface area contributed by atoms with Gasteiger partial charge in [0.15, 0.2) is 0 Å². The molecular formula is C20H29N3O2. The predicted octanol–water partition coefficient (Wildman–Crippen LogP) is 2.42. The van der Waals surface area contributed by atoms with Crippen molar-refractivity contribution in [2.75, 3.05) is 32.1 Å². The lowest BCUT2D eigenvalue weighted by Gasteiger charge is -2.43. The first-order valence-corrected chi connectivity index (χ1v) is 9.35. The van der Waals surface area contributed by atoms with Gasteiger partial charge in [-0.15, -0.1) is 0 Å². The normalized spacial score (nSPS) is 23.1. The average Bonchev–Trinajstić information content (AvgIpc) is 3.02. The number of rotatable bonds is 5. The molecule has 2 fully saturated rings. The molecule has 1 aromatic rings. The molecule has 0 aromatic heterocycles. The van der Waals surface area contributed by atoms with Crippen molar-refractivity contribution < 1.29 is 9.59 Å². The summed E-state index contributed by atoms with van der Waals surface area (Å²) in [7, 11) is 4.19. The summed E-state index contributed by atoms with van der Waals surface area (Å²) in [5.41, 5.74) is 0.911. The van der Waals surface area contributed by atoms with Crippen LogP contribution >= 0.6 is 0 Å². The van der Waals surface area contributed by atoms with Crippen molar-refractivity contribution in [3.05, 3.63) is 30.3 Å². The van der Waals surface area contributed by atoms with Crippen LogP contribution in [0, 0.1) is 5.92 Å². The van der Waals surface area contributed by atoms with Crippen molar-refractivity contribution in [1.82, 2.24) is 10.2 Å². The van der Waals surface area contributed by atoms with E-state index in [-0.39, 0.29) is 17.4 Å². The number of hydrogen-bond donors (Lipinski definition) is 1. The summed E-state index contributed by atoms with van der Waals surface area (Å²) in [4.78, 5) is 29.3. The lowest BCUT2D eigenvalue weighted by molar-refractivity contribution is -0.132. The molecule has 136 valence electrons. The molecule has 5 heteroatoms. The summed E-state index contributed by atoms with van der Waals surface area (Å²) in [6, 6.07) is 9.60. The Morgan fingerprint density at radius 3 is 2.52 bits per heavy atom. The number of likely N-dealkylation sites (N-methyl/N-ethyl adjacent to an activating group) is 1. The topological polar surface area (TPSA) is 52.7 Å². The first kappa shape index (κ1) is 17.9. The van der Waals surface area contributed by atoms with Gasteiger partial charge in [-0.2, -0.15) is 0 Å². The number of nitrogens with one attached hydrogen (secondary N) is 1. The lowest BCUT2D eigenvalue weighted by Crippen LogP contribution is -2.54. The van der Waals surface area contributed by atoms with E-state index in [1.807, 2.05) is 30.3 Å². The fourth-order valence-electron chi connectivity index (χ4n) is 4.15. The Morgan fingerprint density at radius 1 is 1.20 bits per heavy atom. The van der Waals surface area contributed by atoms with Gasteiger partial charge in [-0.25, -0.2) is 0 Å². The molecule has 5 nitrogen and oxygen atoms in total. The Morgan fingerprint density at radius 2 is 1.88 bits per heavy atom. The molecule has 1 saturated heterocycles. The van der Waals surface area contributed by atoms with Gasteiger partial charge in [0.25, 0.3) is 0 Å². The second-order valence-corrected chi connectivity index (χ2v) is 7.56. The van der Waals surface area contributed by atoms with Crippen LogP contribution in [0.25, 0.3) is 0 Å². The van der Waals surface area contributed by atoms with Crippen LogP contribution in [-0.2, 0) is 9.59 Å². The first-order chi connectivity index (χ1) is 12.0. The molecule has 1 N–H and O–H groups in total. The van der Waals surface area contributed by atoms with Crippen molar-refractivity contribution in [2.45, 2.75) is 44.1 Å². The van der Waals surface area contributed by atoms with Crippen LogP contribution in [0.5, 0.6) is 0 Å². The van der Waals surface area contributed by atoms with Crippen molar-refractivity contribution in [1.29, 1.82) is 0 Å². The van der Waals surface area contributed by atoms with Gasteiger partial charge in [-0.05, 0) is 45.5 Å². The molecule has 1 aromatic carbocycles. The summed E-state index contributed by atoms with van der Waals surface area (Å²) in [6.45, 7) is 1.24. The van der Waals surface area contributed by atoms with E-state index in [0.717, 1.165) is 18.5 Å². The number of anilines is 1. The summed E-state index contributed by atoms with van der Waals surface area (Å²) >= 11 is 0. The molecule has 0 unspecified atom stereocenters. The zero-order valence-electron chi connectivity index (χ0n) is 15.3. The van der Waals surface area contributed by atoms with Gasteiger partial charge in [-0.3, -0.25) is 9.59 Å². The van der Waals surface area contributed by atoms with Gasteiger partial charge in [0.05, 0.1) is 0 Å². The molecule has 2 amide bonds.